The molecule has 2 aromatic rings. The molecule has 0 radical (unpaired) electrons. The number of hydrogen-bond donors (Lipinski definition) is 1. The standard InChI is InChI=1S/C10H14F2N6/c1-7(9-14-15-16-17(9)2)13-6-8-4-3-5-18(8)10(11)12/h3-5,7,10,13H,6H2,1-2H3. The Labute approximate surface area is 103 Å². The highest BCUT2D eigenvalue weighted by Crippen LogP contribution is 2.15. The Hall–Kier alpha value is -1.83. The zero-order valence-electron chi connectivity index (χ0n) is 10.1. The molecule has 6 nitrogen and oxygen atoms in total. The molecule has 1 N–H and O–H groups in total. The van der Waals surface area contributed by atoms with Gasteiger partial charge in [-0.05, 0) is 29.5 Å². The zero-order valence-corrected chi connectivity index (χ0v) is 10.1. The third-order valence-electron chi connectivity index (χ3n) is 2.71. The van der Waals surface area contributed by atoms with Crippen molar-refractivity contribution in [3.63, 3.8) is 0 Å². The van der Waals surface area contributed by atoms with Gasteiger partial charge in [0.1, 0.15) is 0 Å². The van der Waals surface area contributed by atoms with Gasteiger partial charge in [-0.2, -0.15) is 8.78 Å². The van der Waals surface area contributed by atoms with E-state index in [4.69, 9.17) is 0 Å². The van der Waals surface area contributed by atoms with Crippen molar-refractivity contribution in [2.24, 2.45) is 7.05 Å². The van der Waals surface area contributed by atoms with Crippen LogP contribution in [0.2, 0.25) is 0 Å². The van der Waals surface area contributed by atoms with Gasteiger partial charge in [0.05, 0.1) is 6.04 Å². The lowest BCUT2D eigenvalue weighted by Crippen LogP contribution is -2.22. The quantitative estimate of drug-likeness (QED) is 0.874. The van der Waals surface area contributed by atoms with E-state index in [0.717, 1.165) is 4.57 Å². The van der Waals surface area contributed by atoms with Gasteiger partial charge < -0.3 is 5.32 Å². The van der Waals surface area contributed by atoms with E-state index in [9.17, 15) is 8.78 Å². The molecule has 0 amide bonds. The summed E-state index contributed by atoms with van der Waals surface area (Å²) in [5.74, 6) is 0.658. The van der Waals surface area contributed by atoms with Gasteiger partial charge >= 0.3 is 6.55 Å². The topological polar surface area (TPSA) is 60.6 Å². The molecule has 8 heteroatoms. The van der Waals surface area contributed by atoms with Crippen molar-refractivity contribution in [3.05, 3.63) is 29.8 Å². The van der Waals surface area contributed by atoms with E-state index < -0.39 is 6.55 Å². The largest absolute Gasteiger partial charge is 0.318 e. The summed E-state index contributed by atoms with van der Waals surface area (Å²) in [6.07, 6.45) is 1.36. The SMILES string of the molecule is CC(NCc1cccn1C(F)F)c1nnnn1C. The number of hydrogen-bond acceptors (Lipinski definition) is 4. The lowest BCUT2D eigenvalue weighted by atomic mass is 10.3. The van der Waals surface area contributed by atoms with Crippen LogP contribution in [0, 0.1) is 0 Å². The highest BCUT2D eigenvalue weighted by Gasteiger charge is 2.14. The van der Waals surface area contributed by atoms with Gasteiger partial charge in [0.15, 0.2) is 5.82 Å². The Bertz CT molecular complexity index is 506. The third-order valence-corrected chi connectivity index (χ3v) is 2.71. The summed E-state index contributed by atoms with van der Waals surface area (Å²) in [6, 6.07) is 3.13. The fourth-order valence-corrected chi connectivity index (χ4v) is 1.72. The summed E-state index contributed by atoms with van der Waals surface area (Å²) in [6.45, 7) is -0.323. The normalized spacial score (nSPS) is 13.2. The van der Waals surface area contributed by atoms with Gasteiger partial charge in [0.25, 0.3) is 0 Å². The van der Waals surface area contributed by atoms with Crippen molar-refractivity contribution in [1.29, 1.82) is 0 Å². The molecule has 0 saturated carbocycles. The van der Waals surface area contributed by atoms with E-state index in [1.54, 1.807) is 23.9 Å². The molecule has 2 aromatic heterocycles. The Balaban J connectivity index is 1.99. The van der Waals surface area contributed by atoms with E-state index >= 15 is 0 Å². The van der Waals surface area contributed by atoms with Crippen LogP contribution in [-0.2, 0) is 13.6 Å². The maximum atomic E-state index is 12.6. The molecule has 0 saturated heterocycles. The summed E-state index contributed by atoms with van der Waals surface area (Å²) in [4.78, 5) is 0. The predicted octanol–water partition coefficient (Wildman–Crippen LogP) is 1.26. The summed E-state index contributed by atoms with van der Waals surface area (Å²) in [5.41, 5.74) is 0.520. The van der Waals surface area contributed by atoms with Gasteiger partial charge in [-0.3, -0.25) is 4.57 Å². The fourth-order valence-electron chi connectivity index (χ4n) is 1.72. The average molecular weight is 256 g/mol. The van der Waals surface area contributed by atoms with E-state index in [0.29, 0.717) is 18.1 Å². The zero-order chi connectivity index (χ0) is 13.1. The number of alkyl halides is 2. The molecular formula is C10H14F2N6. The molecule has 2 heterocycles. The number of nitrogens with one attached hydrogen (secondary N) is 1. The smallest absolute Gasteiger partial charge is 0.302 e. The predicted molar refractivity (Wildman–Crippen MR) is 59.7 cm³/mol. The summed E-state index contributed by atoms with van der Waals surface area (Å²) >= 11 is 0. The van der Waals surface area contributed by atoms with E-state index in [2.05, 4.69) is 20.8 Å². The molecule has 0 aliphatic rings. The number of aromatic nitrogens is 5. The molecule has 1 atom stereocenters. The summed E-state index contributed by atoms with van der Waals surface area (Å²) < 4.78 is 27.7. The first-order valence-corrected chi connectivity index (χ1v) is 5.49. The van der Waals surface area contributed by atoms with Crippen molar-refractivity contribution in [3.8, 4) is 0 Å². The van der Waals surface area contributed by atoms with Crippen LogP contribution in [0.25, 0.3) is 0 Å². The highest BCUT2D eigenvalue weighted by atomic mass is 19.3. The first-order chi connectivity index (χ1) is 8.59. The average Bonchev–Trinajstić information content (AvgIpc) is 2.94. The second kappa shape index (κ2) is 5.21. The molecule has 0 bridgehead atoms. The van der Waals surface area contributed by atoms with Crippen molar-refractivity contribution in [1.82, 2.24) is 30.1 Å². The van der Waals surface area contributed by atoms with E-state index in [1.807, 2.05) is 6.92 Å². The van der Waals surface area contributed by atoms with Gasteiger partial charge in [0, 0.05) is 25.5 Å². The van der Waals surface area contributed by atoms with Crippen LogP contribution < -0.4 is 5.32 Å². The second-order valence-electron chi connectivity index (χ2n) is 3.95. The van der Waals surface area contributed by atoms with Crippen LogP contribution in [0.3, 0.4) is 0 Å². The Kier molecular flexibility index (Phi) is 3.66. The van der Waals surface area contributed by atoms with Gasteiger partial charge in [-0.1, -0.05) is 0 Å². The summed E-state index contributed by atoms with van der Waals surface area (Å²) in [5, 5.41) is 14.2. The minimum atomic E-state index is -2.52. The molecular weight excluding hydrogens is 242 g/mol. The van der Waals surface area contributed by atoms with Crippen molar-refractivity contribution >= 4 is 0 Å². The molecule has 98 valence electrons. The van der Waals surface area contributed by atoms with E-state index in [1.165, 1.54) is 6.20 Å². The van der Waals surface area contributed by atoms with Crippen molar-refractivity contribution < 1.29 is 8.78 Å². The van der Waals surface area contributed by atoms with Crippen molar-refractivity contribution in [2.45, 2.75) is 26.1 Å². The number of halogens is 2. The van der Waals surface area contributed by atoms with Crippen LogP contribution >= 0.6 is 0 Å². The minimum absolute atomic E-state index is 0.119. The maximum absolute atomic E-state index is 12.6. The Morgan fingerprint density at radius 2 is 2.22 bits per heavy atom. The molecule has 2 rings (SSSR count). The maximum Gasteiger partial charge on any atom is 0.318 e. The third kappa shape index (κ3) is 2.53. The molecule has 0 fully saturated rings. The van der Waals surface area contributed by atoms with Crippen LogP contribution in [-0.4, -0.2) is 24.8 Å². The number of aryl methyl sites for hydroxylation is 1. The van der Waals surface area contributed by atoms with Gasteiger partial charge in [0.2, 0.25) is 0 Å². The lowest BCUT2D eigenvalue weighted by Gasteiger charge is -2.13. The van der Waals surface area contributed by atoms with Crippen molar-refractivity contribution in [2.75, 3.05) is 0 Å². The lowest BCUT2D eigenvalue weighted by molar-refractivity contribution is 0.0673. The van der Waals surface area contributed by atoms with Crippen LogP contribution in [0.4, 0.5) is 8.78 Å². The van der Waals surface area contributed by atoms with Crippen LogP contribution in [0.15, 0.2) is 18.3 Å². The van der Waals surface area contributed by atoms with Crippen LogP contribution in [0.1, 0.15) is 31.0 Å². The Morgan fingerprint density at radius 3 is 2.83 bits per heavy atom. The number of rotatable bonds is 5. The molecule has 0 aliphatic heterocycles. The van der Waals surface area contributed by atoms with Gasteiger partial charge in [-0.25, -0.2) is 4.68 Å². The van der Waals surface area contributed by atoms with Crippen LogP contribution in [0.5, 0.6) is 0 Å². The first kappa shape index (κ1) is 12.6. The second-order valence-corrected chi connectivity index (χ2v) is 3.95. The molecule has 0 aliphatic carbocycles. The monoisotopic (exact) mass is 256 g/mol. The molecule has 18 heavy (non-hydrogen) atoms. The minimum Gasteiger partial charge on any atom is -0.302 e. The first-order valence-electron chi connectivity index (χ1n) is 5.49. The number of nitrogens with zero attached hydrogens (tertiary/aromatic N) is 5. The molecule has 0 aromatic carbocycles. The highest BCUT2D eigenvalue weighted by molar-refractivity contribution is 5.07. The number of tetrazole rings is 1. The van der Waals surface area contributed by atoms with E-state index in [-0.39, 0.29) is 6.04 Å². The van der Waals surface area contributed by atoms with Gasteiger partial charge in [-0.15, -0.1) is 5.10 Å². The molecule has 1 unspecified atom stereocenters. The molecule has 0 spiro atoms. The Morgan fingerprint density at radius 1 is 1.44 bits per heavy atom. The fraction of sp³-hybridized carbons (Fsp3) is 0.500. The summed E-state index contributed by atoms with van der Waals surface area (Å²) in [7, 11) is 1.73.